The number of aliphatic imine (C=N–C) groups is 1. The van der Waals surface area contributed by atoms with Crippen LogP contribution in [0.1, 0.15) is 29.3 Å². The maximum absolute atomic E-state index is 4.87. The molecule has 4 nitrogen and oxygen atoms in total. The zero-order valence-corrected chi connectivity index (χ0v) is 16.6. The summed E-state index contributed by atoms with van der Waals surface area (Å²) >= 11 is 0. The summed E-state index contributed by atoms with van der Waals surface area (Å²) in [5.41, 5.74) is 9.63. The molecule has 0 radical (unpaired) electrons. The molecule has 0 unspecified atom stereocenters. The number of hydrogen-bond acceptors (Lipinski definition) is 4. The Balaban J connectivity index is 1.74. The standard InChI is InChI=1S/C24H22N4/c1-15-12-16(2)24(17(3)13-15)26-18(4)19-10-7-11-22(27-19)23-14-25-20-8-5-6-9-21(20)28-23/h5-14H,1-4H3. The van der Waals surface area contributed by atoms with Gasteiger partial charge in [-0.15, -0.1) is 0 Å². The number of hydrogen-bond donors (Lipinski definition) is 0. The fourth-order valence-corrected chi connectivity index (χ4v) is 3.43. The molecule has 0 fully saturated rings. The summed E-state index contributed by atoms with van der Waals surface area (Å²) in [6, 6.07) is 18.1. The molecule has 0 aliphatic heterocycles. The maximum atomic E-state index is 4.87. The fourth-order valence-electron chi connectivity index (χ4n) is 3.43. The molecule has 2 aromatic heterocycles. The van der Waals surface area contributed by atoms with Gasteiger partial charge in [-0.1, -0.05) is 35.9 Å². The van der Waals surface area contributed by atoms with E-state index in [1.807, 2.05) is 49.4 Å². The Kier molecular flexibility index (Phi) is 4.70. The third-order valence-electron chi connectivity index (χ3n) is 4.75. The maximum Gasteiger partial charge on any atom is 0.108 e. The highest BCUT2D eigenvalue weighted by molar-refractivity contribution is 5.99. The Morgan fingerprint density at radius 2 is 1.50 bits per heavy atom. The molecule has 0 spiro atoms. The van der Waals surface area contributed by atoms with Crippen molar-refractivity contribution in [1.29, 1.82) is 0 Å². The summed E-state index contributed by atoms with van der Waals surface area (Å²) in [6.07, 6.45) is 1.77. The van der Waals surface area contributed by atoms with Crippen molar-refractivity contribution < 1.29 is 0 Å². The lowest BCUT2D eigenvalue weighted by Gasteiger charge is -2.09. The average molecular weight is 366 g/mol. The van der Waals surface area contributed by atoms with Crippen LogP contribution in [0.5, 0.6) is 0 Å². The van der Waals surface area contributed by atoms with Gasteiger partial charge in [0.25, 0.3) is 0 Å². The Morgan fingerprint density at radius 3 is 2.25 bits per heavy atom. The molecule has 0 saturated carbocycles. The second-order valence-electron chi connectivity index (χ2n) is 7.10. The van der Waals surface area contributed by atoms with Gasteiger partial charge in [0.05, 0.1) is 40.0 Å². The lowest BCUT2D eigenvalue weighted by molar-refractivity contribution is 1.21. The lowest BCUT2D eigenvalue weighted by atomic mass is 10.1. The first kappa shape index (κ1) is 18.0. The first-order chi connectivity index (χ1) is 13.5. The molecule has 0 atom stereocenters. The lowest BCUT2D eigenvalue weighted by Crippen LogP contribution is -2.01. The van der Waals surface area contributed by atoms with E-state index in [4.69, 9.17) is 15.0 Å². The van der Waals surface area contributed by atoms with Gasteiger partial charge < -0.3 is 0 Å². The van der Waals surface area contributed by atoms with Gasteiger partial charge in [0.2, 0.25) is 0 Å². The number of aromatic nitrogens is 3. The highest BCUT2D eigenvalue weighted by Crippen LogP contribution is 2.26. The van der Waals surface area contributed by atoms with Crippen molar-refractivity contribution in [2.75, 3.05) is 0 Å². The first-order valence-corrected chi connectivity index (χ1v) is 9.34. The molecule has 0 amide bonds. The molecule has 2 aromatic carbocycles. The summed E-state index contributed by atoms with van der Waals surface area (Å²) in [4.78, 5) is 18.9. The van der Waals surface area contributed by atoms with Crippen molar-refractivity contribution >= 4 is 22.4 Å². The van der Waals surface area contributed by atoms with Gasteiger partial charge in [0.1, 0.15) is 5.69 Å². The number of para-hydroxylation sites is 2. The number of benzene rings is 2. The largest absolute Gasteiger partial charge is 0.252 e. The SMILES string of the molecule is CC(=Nc1c(C)cc(C)cc1C)c1cccc(-c2cnc3ccccc3n2)n1. The second kappa shape index (κ2) is 7.31. The van der Waals surface area contributed by atoms with Crippen molar-refractivity contribution in [3.05, 3.63) is 83.2 Å². The smallest absolute Gasteiger partial charge is 0.108 e. The Labute approximate surface area is 165 Å². The normalized spacial score (nSPS) is 11.8. The van der Waals surface area contributed by atoms with E-state index in [2.05, 4.69) is 37.9 Å². The van der Waals surface area contributed by atoms with Gasteiger partial charge in [0.15, 0.2) is 0 Å². The number of rotatable bonds is 3. The first-order valence-electron chi connectivity index (χ1n) is 9.34. The molecule has 138 valence electrons. The highest BCUT2D eigenvalue weighted by Gasteiger charge is 2.08. The topological polar surface area (TPSA) is 51.0 Å². The van der Waals surface area contributed by atoms with Crippen molar-refractivity contribution in [2.24, 2.45) is 4.99 Å². The van der Waals surface area contributed by atoms with Gasteiger partial charge in [-0.2, -0.15) is 0 Å². The van der Waals surface area contributed by atoms with Crippen molar-refractivity contribution in [3.8, 4) is 11.4 Å². The van der Waals surface area contributed by atoms with E-state index in [9.17, 15) is 0 Å². The van der Waals surface area contributed by atoms with Gasteiger partial charge in [-0.3, -0.25) is 9.98 Å². The van der Waals surface area contributed by atoms with Crippen molar-refractivity contribution in [2.45, 2.75) is 27.7 Å². The van der Waals surface area contributed by atoms with Crippen LogP contribution in [0.15, 0.2) is 65.8 Å². The van der Waals surface area contributed by atoms with Crippen LogP contribution in [0, 0.1) is 20.8 Å². The minimum atomic E-state index is 0.760. The van der Waals surface area contributed by atoms with E-state index < -0.39 is 0 Å². The zero-order chi connectivity index (χ0) is 19.7. The molecule has 0 aliphatic rings. The van der Waals surface area contributed by atoms with E-state index in [1.54, 1.807) is 6.20 Å². The third kappa shape index (κ3) is 3.54. The summed E-state index contributed by atoms with van der Waals surface area (Å²) in [6.45, 7) is 8.30. The van der Waals surface area contributed by atoms with Gasteiger partial charge in [-0.05, 0) is 63.1 Å². The van der Waals surface area contributed by atoms with Crippen molar-refractivity contribution in [3.63, 3.8) is 0 Å². The van der Waals surface area contributed by atoms with Crippen LogP contribution in [0.4, 0.5) is 5.69 Å². The molecule has 28 heavy (non-hydrogen) atoms. The van der Waals surface area contributed by atoms with Crippen LogP contribution < -0.4 is 0 Å². The van der Waals surface area contributed by atoms with E-state index >= 15 is 0 Å². The van der Waals surface area contributed by atoms with Crippen molar-refractivity contribution in [1.82, 2.24) is 15.0 Å². The molecule has 2 heterocycles. The molecule has 4 aromatic rings. The van der Waals surface area contributed by atoms with Crippen LogP contribution in [-0.4, -0.2) is 20.7 Å². The Hall–Kier alpha value is -3.40. The summed E-state index contributed by atoms with van der Waals surface area (Å²) in [5, 5.41) is 0. The highest BCUT2D eigenvalue weighted by atomic mass is 14.9. The summed E-state index contributed by atoms with van der Waals surface area (Å²) in [5.74, 6) is 0. The van der Waals surface area contributed by atoms with E-state index in [-0.39, 0.29) is 0 Å². The molecular weight excluding hydrogens is 344 g/mol. The average Bonchev–Trinajstić information content (AvgIpc) is 2.70. The summed E-state index contributed by atoms with van der Waals surface area (Å²) < 4.78 is 0. The van der Waals surface area contributed by atoms with Gasteiger partial charge in [0, 0.05) is 0 Å². The van der Waals surface area contributed by atoms with E-state index in [1.165, 1.54) is 16.7 Å². The summed E-state index contributed by atoms with van der Waals surface area (Å²) in [7, 11) is 0. The Bertz CT molecular complexity index is 1190. The predicted octanol–water partition coefficient (Wildman–Crippen LogP) is 5.76. The van der Waals surface area contributed by atoms with Gasteiger partial charge >= 0.3 is 0 Å². The third-order valence-corrected chi connectivity index (χ3v) is 4.75. The number of nitrogens with zero attached hydrogens (tertiary/aromatic N) is 4. The predicted molar refractivity (Wildman–Crippen MR) is 115 cm³/mol. The minimum absolute atomic E-state index is 0.760. The molecule has 0 bridgehead atoms. The van der Waals surface area contributed by atoms with Crippen LogP contribution >= 0.6 is 0 Å². The van der Waals surface area contributed by atoms with E-state index in [0.29, 0.717) is 0 Å². The van der Waals surface area contributed by atoms with E-state index in [0.717, 1.165) is 39.5 Å². The minimum Gasteiger partial charge on any atom is -0.252 e. The number of fused-ring (bicyclic) bond motifs is 1. The molecule has 0 N–H and O–H groups in total. The molecule has 0 aliphatic carbocycles. The van der Waals surface area contributed by atoms with Gasteiger partial charge in [-0.25, -0.2) is 9.97 Å². The molecule has 4 heteroatoms. The number of pyridine rings is 1. The number of aryl methyl sites for hydroxylation is 3. The fraction of sp³-hybridized carbons (Fsp3) is 0.167. The van der Waals surface area contributed by atoms with Crippen LogP contribution in [0.3, 0.4) is 0 Å². The van der Waals surface area contributed by atoms with Crippen LogP contribution in [0.2, 0.25) is 0 Å². The molecule has 4 rings (SSSR count). The Morgan fingerprint density at radius 1 is 0.786 bits per heavy atom. The molecule has 0 saturated heterocycles. The molecular formula is C24H22N4. The monoisotopic (exact) mass is 366 g/mol. The quantitative estimate of drug-likeness (QED) is 0.433. The van der Waals surface area contributed by atoms with Crippen LogP contribution in [0.25, 0.3) is 22.4 Å². The zero-order valence-electron chi connectivity index (χ0n) is 16.6. The second-order valence-corrected chi connectivity index (χ2v) is 7.10. The van der Waals surface area contributed by atoms with Crippen LogP contribution in [-0.2, 0) is 0 Å².